The first-order chi connectivity index (χ1) is 11.2. The lowest BCUT2D eigenvalue weighted by atomic mass is 9.67. The molecule has 4 nitrogen and oxygen atoms in total. The Balaban J connectivity index is 1.48. The Labute approximate surface area is 144 Å². The largest absolute Gasteiger partial charge is 0.348 e. The average molecular weight is 348 g/mol. The van der Waals surface area contributed by atoms with Crippen molar-refractivity contribution in [2.75, 3.05) is 0 Å². The van der Waals surface area contributed by atoms with Gasteiger partial charge >= 0.3 is 0 Å². The number of nitrogens with one attached hydrogen (secondary N) is 1. The normalized spacial score (nSPS) is 30.1. The predicted octanol–water partition coefficient (Wildman–Crippen LogP) is 3.51. The van der Waals surface area contributed by atoms with Crippen molar-refractivity contribution in [3.05, 3.63) is 27.9 Å². The third kappa shape index (κ3) is 3.07. The van der Waals surface area contributed by atoms with E-state index in [2.05, 4.69) is 15.7 Å². The summed E-state index contributed by atoms with van der Waals surface area (Å²) in [5.41, 5.74) is 7.26. The van der Waals surface area contributed by atoms with Crippen LogP contribution in [0.5, 0.6) is 0 Å². The summed E-state index contributed by atoms with van der Waals surface area (Å²) in [5, 5.41) is 8.31. The molecular weight excluding hydrogens is 326 g/mol. The maximum atomic E-state index is 12.6. The standard InChI is InChI=1S/C17H21N3OS2/c18-13-6-10-2-1-3-11(7-13)15(10)20-16(21)14-8-19-17(23-14)12-4-5-22-9-12/h4-5,8-11,13,15H,1-3,6-7,18H2,(H,20,21). The number of hydrogen-bond acceptors (Lipinski definition) is 5. The number of fused-ring (bicyclic) bond motifs is 2. The Morgan fingerprint density at radius 2 is 2.09 bits per heavy atom. The monoisotopic (exact) mass is 347 g/mol. The fraction of sp³-hybridized carbons (Fsp3) is 0.529. The lowest BCUT2D eigenvalue weighted by Crippen LogP contribution is -2.53. The van der Waals surface area contributed by atoms with Gasteiger partial charge in [-0.05, 0) is 49.0 Å². The molecule has 2 aromatic rings. The van der Waals surface area contributed by atoms with Crippen LogP contribution in [0.15, 0.2) is 23.0 Å². The molecular formula is C17H21N3OS2. The van der Waals surface area contributed by atoms with E-state index in [1.807, 2.05) is 11.4 Å². The van der Waals surface area contributed by atoms with Crippen LogP contribution in [0.4, 0.5) is 0 Å². The minimum atomic E-state index is 0.0290. The molecule has 2 saturated carbocycles. The van der Waals surface area contributed by atoms with Gasteiger partial charge in [-0.15, -0.1) is 11.3 Å². The number of carbonyl (C=O) groups excluding carboxylic acids is 1. The number of thiophene rings is 1. The molecule has 0 aliphatic heterocycles. The molecule has 2 heterocycles. The highest BCUT2D eigenvalue weighted by Crippen LogP contribution is 2.40. The highest BCUT2D eigenvalue weighted by molar-refractivity contribution is 7.17. The molecule has 2 fully saturated rings. The van der Waals surface area contributed by atoms with E-state index in [-0.39, 0.29) is 5.91 Å². The van der Waals surface area contributed by atoms with E-state index in [1.54, 1.807) is 17.5 Å². The van der Waals surface area contributed by atoms with Crippen molar-refractivity contribution in [1.29, 1.82) is 0 Å². The molecule has 6 heteroatoms. The summed E-state index contributed by atoms with van der Waals surface area (Å²) in [5.74, 6) is 1.12. The summed E-state index contributed by atoms with van der Waals surface area (Å²) >= 11 is 3.12. The molecule has 0 radical (unpaired) electrons. The van der Waals surface area contributed by atoms with Crippen LogP contribution >= 0.6 is 22.7 Å². The lowest BCUT2D eigenvalue weighted by Gasteiger charge is -2.45. The summed E-state index contributed by atoms with van der Waals surface area (Å²) in [4.78, 5) is 17.7. The molecule has 0 saturated heterocycles. The first-order valence-electron chi connectivity index (χ1n) is 8.25. The molecule has 2 aromatic heterocycles. The topological polar surface area (TPSA) is 68.0 Å². The summed E-state index contributed by atoms with van der Waals surface area (Å²) in [6.45, 7) is 0. The van der Waals surface area contributed by atoms with E-state index < -0.39 is 0 Å². The number of aromatic nitrogens is 1. The van der Waals surface area contributed by atoms with Crippen molar-refractivity contribution < 1.29 is 4.79 Å². The van der Waals surface area contributed by atoms with Crippen LogP contribution in [0.2, 0.25) is 0 Å². The molecule has 3 N–H and O–H groups in total. The minimum absolute atomic E-state index is 0.0290. The van der Waals surface area contributed by atoms with Gasteiger partial charge in [-0.1, -0.05) is 6.42 Å². The highest BCUT2D eigenvalue weighted by atomic mass is 32.1. The fourth-order valence-electron chi connectivity index (χ4n) is 4.15. The van der Waals surface area contributed by atoms with Crippen LogP contribution in [0.3, 0.4) is 0 Å². The van der Waals surface area contributed by atoms with Gasteiger partial charge in [-0.25, -0.2) is 4.98 Å². The molecule has 2 unspecified atom stereocenters. The van der Waals surface area contributed by atoms with Crippen molar-refractivity contribution in [1.82, 2.24) is 10.3 Å². The fourth-order valence-corrected chi connectivity index (χ4v) is 5.68. The number of rotatable bonds is 3. The summed E-state index contributed by atoms with van der Waals surface area (Å²) in [6.07, 6.45) is 7.46. The van der Waals surface area contributed by atoms with E-state index >= 15 is 0 Å². The van der Waals surface area contributed by atoms with Gasteiger partial charge in [0.25, 0.3) is 5.91 Å². The third-order valence-electron chi connectivity index (χ3n) is 5.17. The van der Waals surface area contributed by atoms with Gasteiger partial charge in [-0.3, -0.25) is 4.79 Å². The molecule has 2 aliphatic carbocycles. The van der Waals surface area contributed by atoms with E-state index in [0.29, 0.717) is 28.8 Å². The molecule has 2 aliphatic rings. The molecule has 2 bridgehead atoms. The van der Waals surface area contributed by atoms with Crippen LogP contribution in [0, 0.1) is 11.8 Å². The van der Waals surface area contributed by atoms with Crippen molar-refractivity contribution in [3.63, 3.8) is 0 Å². The first-order valence-corrected chi connectivity index (χ1v) is 10.0. The quantitative estimate of drug-likeness (QED) is 0.893. The van der Waals surface area contributed by atoms with Gasteiger partial charge < -0.3 is 11.1 Å². The van der Waals surface area contributed by atoms with Gasteiger partial charge in [0.15, 0.2) is 0 Å². The Hall–Kier alpha value is -1.24. The number of nitrogens with two attached hydrogens (primary N) is 1. The number of hydrogen-bond donors (Lipinski definition) is 2. The van der Waals surface area contributed by atoms with Crippen molar-refractivity contribution in [2.24, 2.45) is 17.6 Å². The second kappa shape index (κ2) is 6.34. The van der Waals surface area contributed by atoms with Crippen LogP contribution in [-0.4, -0.2) is 23.0 Å². The van der Waals surface area contributed by atoms with Crippen molar-refractivity contribution in [2.45, 2.75) is 44.2 Å². The molecule has 2 atom stereocenters. The molecule has 0 aromatic carbocycles. The van der Waals surface area contributed by atoms with Crippen molar-refractivity contribution in [3.8, 4) is 10.6 Å². The van der Waals surface area contributed by atoms with E-state index in [1.165, 1.54) is 30.6 Å². The Morgan fingerprint density at radius 1 is 1.30 bits per heavy atom. The highest BCUT2D eigenvalue weighted by Gasteiger charge is 2.40. The predicted molar refractivity (Wildman–Crippen MR) is 94.7 cm³/mol. The van der Waals surface area contributed by atoms with Gasteiger partial charge in [0, 0.05) is 23.0 Å². The molecule has 0 spiro atoms. The van der Waals surface area contributed by atoms with Crippen LogP contribution in [0.25, 0.3) is 10.6 Å². The van der Waals surface area contributed by atoms with E-state index in [9.17, 15) is 4.79 Å². The third-order valence-corrected chi connectivity index (χ3v) is 6.90. The van der Waals surface area contributed by atoms with Crippen LogP contribution < -0.4 is 11.1 Å². The minimum Gasteiger partial charge on any atom is -0.348 e. The van der Waals surface area contributed by atoms with E-state index in [4.69, 9.17) is 5.73 Å². The maximum absolute atomic E-state index is 12.6. The maximum Gasteiger partial charge on any atom is 0.263 e. The number of carbonyl (C=O) groups is 1. The SMILES string of the molecule is NC1CC2CCCC(C1)C2NC(=O)c1cnc(-c2ccsc2)s1. The Morgan fingerprint density at radius 3 is 2.78 bits per heavy atom. The molecule has 122 valence electrons. The molecule has 1 amide bonds. The van der Waals surface area contributed by atoms with Gasteiger partial charge in [0.05, 0.1) is 6.20 Å². The van der Waals surface area contributed by atoms with Crippen LogP contribution in [-0.2, 0) is 0 Å². The zero-order valence-electron chi connectivity index (χ0n) is 12.9. The zero-order chi connectivity index (χ0) is 15.8. The lowest BCUT2D eigenvalue weighted by molar-refractivity contribution is 0.0759. The number of thiazole rings is 1. The summed E-state index contributed by atoms with van der Waals surface area (Å²) in [7, 11) is 0. The Bertz CT molecular complexity index is 668. The second-order valence-corrected chi connectivity index (χ2v) is 8.53. The number of amides is 1. The van der Waals surface area contributed by atoms with Gasteiger partial charge in [-0.2, -0.15) is 11.3 Å². The molecule has 4 rings (SSSR count). The smallest absolute Gasteiger partial charge is 0.263 e. The zero-order valence-corrected chi connectivity index (χ0v) is 14.5. The average Bonchev–Trinajstić information content (AvgIpc) is 3.19. The number of nitrogens with zero attached hydrogens (tertiary/aromatic N) is 1. The van der Waals surface area contributed by atoms with Crippen LogP contribution in [0.1, 0.15) is 41.8 Å². The summed E-state index contributed by atoms with van der Waals surface area (Å²) < 4.78 is 0. The summed E-state index contributed by atoms with van der Waals surface area (Å²) in [6, 6.07) is 2.65. The van der Waals surface area contributed by atoms with Crippen molar-refractivity contribution >= 4 is 28.6 Å². The van der Waals surface area contributed by atoms with E-state index in [0.717, 1.165) is 23.4 Å². The first kappa shape index (κ1) is 15.3. The van der Waals surface area contributed by atoms with Gasteiger partial charge in [0.2, 0.25) is 0 Å². The molecule has 23 heavy (non-hydrogen) atoms. The Kier molecular flexibility index (Phi) is 4.22. The van der Waals surface area contributed by atoms with Gasteiger partial charge in [0.1, 0.15) is 9.88 Å². The second-order valence-electron chi connectivity index (χ2n) is 6.72.